The van der Waals surface area contributed by atoms with Gasteiger partial charge >= 0.3 is 5.97 Å². The fourth-order valence-corrected chi connectivity index (χ4v) is 2.31. The molecule has 0 saturated carbocycles. The monoisotopic (exact) mass is 340 g/mol. The second kappa shape index (κ2) is 10.3. The Morgan fingerprint density at radius 3 is 2.56 bits per heavy atom. The van der Waals surface area contributed by atoms with Crippen molar-refractivity contribution in [1.29, 1.82) is 0 Å². The Kier molecular flexibility index (Phi) is 7.73. The summed E-state index contributed by atoms with van der Waals surface area (Å²) in [5.41, 5.74) is 1.84. The molecule has 1 N–H and O–H groups in total. The van der Waals surface area contributed by atoms with Gasteiger partial charge in [-0.3, -0.25) is 4.79 Å². The van der Waals surface area contributed by atoms with Crippen molar-refractivity contribution in [2.75, 3.05) is 13.2 Å². The highest BCUT2D eigenvalue weighted by Gasteiger charge is 2.09. The van der Waals surface area contributed by atoms with Gasteiger partial charge in [-0.1, -0.05) is 54.7 Å². The smallest absolute Gasteiger partial charge is 0.306 e. The van der Waals surface area contributed by atoms with Crippen LogP contribution in [0.1, 0.15) is 18.9 Å². The van der Waals surface area contributed by atoms with E-state index >= 15 is 0 Å². The summed E-state index contributed by atoms with van der Waals surface area (Å²) in [6.07, 6.45) is 13.6. The number of carbonyl (C=O) groups excluding carboxylic acids is 1. The molecule has 1 aliphatic carbocycles. The number of aliphatic hydroxyl groups is 1. The fourth-order valence-electron chi connectivity index (χ4n) is 2.31. The first-order valence-corrected chi connectivity index (χ1v) is 8.46. The van der Waals surface area contributed by atoms with Crippen LogP contribution in [-0.4, -0.2) is 30.4 Å². The van der Waals surface area contributed by atoms with E-state index in [1.54, 1.807) is 6.92 Å². The van der Waals surface area contributed by atoms with Gasteiger partial charge in [0.1, 0.15) is 18.5 Å². The Bertz CT molecular complexity index is 666. The molecular weight excluding hydrogens is 316 g/mol. The van der Waals surface area contributed by atoms with Crippen molar-refractivity contribution in [3.05, 3.63) is 77.9 Å². The van der Waals surface area contributed by atoms with Gasteiger partial charge in [0.05, 0.1) is 6.61 Å². The number of esters is 1. The molecule has 25 heavy (non-hydrogen) atoms. The zero-order chi connectivity index (χ0) is 17.9. The van der Waals surface area contributed by atoms with Crippen LogP contribution in [0.25, 0.3) is 0 Å². The highest BCUT2D eigenvalue weighted by molar-refractivity contribution is 5.69. The van der Waals surface area contributed by atoms with E-state index in [1.807, 2.05) is 66.8 Å². The second-order valence-corrected chi connectivity index (χ2v) is 5.57. The van der Waals surface area contributed by atoms with E-state index < -0.39 is 6.10 Å². The number of ether oxygens (including phenoxy) is 2. The number of rotatable bonds is 8. The van der Waals surface area contributed by atoms with Crippen LogP contribution in [0.4, 0.5) is 0 Å². The van der Waals surface area contributed by atoms with E-state index in [-0.39, 0.29) is 12.6 Å². The summed E-state index contributed by atoms with van der Waals surface area (Å²) in [6, 6.07) is 7.53. The lowest BCUT2D eigenvalue weighted by molar-refractivity contribution is -0.143. The predicted molar refractivity (Wildman–Crippen MR) is 98.4 cm³/mol. The topological polar surface area (TPSA) is 55.8 Å². The molecule has 1 aliphatic rings. The quantitative estimate of drug-likeness (QED) is 0.736. The van der Waals surface area contributed by atoms with Crippen LogP contribution in [-0.2, 0) is 16.0 Å². The maximum absolute atomic E-state index is 11.4. The van der Waals surface area contributed by atoms with Crippen LogP contribution in [0, 0.1) is 0 Å². The molecule has 2 rings (SSSR count). The van der Waals surface area contributed by atoms with Gasteiger partial charge in [-0.25, -0.2) is 0 Å². The lowest BCUT2D eigenvalue weighted by atomic mass is 10.1. The third-order valence-electron chi connectivity index (χ3n) is 3.66. The van der Waals surface area contributed by atoms with Gasteiger partial charge in [-0.05, 0) is 36.6 Å². The van der Waals surface area contributed by atoms with Gasteiger partial charge < -0.3 is 14.6 Å². The lowest BCUT2D eigenvalue weighted by Gasteiger charge is -2.14. The van der Waals surface area contributed by atoms with Crippen LogP contribution in [0.2, 0.25) is 0 Å². The van der Waals surface area contributed by atoms with Crippen LogP contribution in [0.3, 0.4) is 0 Å². The SMILES string of the molecule is CCOC(=O)CCc1ccc(OC[C@@H](O)C2=C/C=C\C=C/C=C\2)cc1. The van der Waals surface area contributed by atoms with Crippen LogP contribution < -0.4 is 4.74 Å². The van der Waals surface area contributed by atoms with E-state index in [4.69, 9.17) is 9.47 Å². The predicted octanol–water partition coefficient (Wildman–Crippen LogP) is 3.53. The Balaban J connectivity index is 1.81. The van der Waals surface area contributed by atoms with E-state index in [0.29, 0.717) is 25.2 Å². The minimum atomic E-state index is -0.698. The molecule has 0 saturated heterocycles. The first-order chi connectivity index (χ1) is 12.2. The summed E-state index contributed by atoms with van der Waals surface area (Å²) in [5, 5.41) is 10.2. The number of carbonyl (C=O) groups is 1. The summed E-state index contributed by atoms with van der Waals surface area (Å²) < 4.78 is 10.6. The van der Waals surface area contributed by atoms with E-state index in [9.17, 15) is 9.90 Å². The average Bonchev–Trinajstić information content (AvgIpc) is 2.59. The zero-order valence-corrected chi connectivity index (χ0v) is 14.4. The van der Waals surface area contributed by atoms with Gasteiger partial charge in [-0.15, -0.1) is 0 Å². The Morgan fingerprint density at radius 1 is 1.08 bits per heavy atom. The van der Waals surface area contributed by atoms with E-state index in [1.165, 1.54) is 0 Å². The Morgan fingerprint density at radius 2 is 1.80 bits per heavy atom. The number of hydrogen-bond donors (Lipinski definition) is 1. The summed E-state index contributed by atoms with van der Waals surface area (Å²) in [5.74, 6) is 0.500. The fraction of sp³-hybridized carbons (Fsp3) is 0.286. The van der Waals surface area contributed by atoms with E-state index in [0.717, 1.165) is 11.1 Å². The number of aliphatic hydroxyl groups excluding tert-OH is 1. The molecule has 0 amide bonds. The highest BCUT2D eigenvalue weighted by atomic mass is 16.5. The third kappa shape index (κ3) is 6.81. The zero-order valence-electron chi connectivity index (χ0n) is 14.4. The highest BCUT2D eigenvalue weighted by Crippen LogP contribution is 2.15. The number of allylic oxidation sites excluding steroid dienone is 6. The van der Waals surface area contributed by atoms with Crippen molar-refractivity contribution in [1.82, 2.24) is 0 Å². The maximum Gasteiger partial charge on any atom is 0.306 e. The van der Waals surface area contributed by atoms with Crippen molar-refractivity contribution >= 4 is 5.97 Å². The first-order valence-electron chi connectivity index (χ1n) is 8.46. The molecule has 1 aromatic carbocycles. The minimum Gasteiger partial charge on any atom is -0.491 e. The summed E-state index contributed by atoms with van der Waals surface area (Å²) in [6.45, 7) is 2.38. The number of benzene rings is 1. The van der Waals surface area contributed by atoms with Gasteiger partial charge in [-0.2, -0.15) is 0 Å². The standard InChI is InChI=1S/C21H24O4/c1-2-24-21(23)15-12-17-10-13-19(14-11-17)25-16-20(22)18-8-6-4-3-5-7-9-18/h3-11,13-14,20,22H,2,12,15-16H2,1H3/b4-3-,5-3?,6-4?,7-5-,8-6-,9-7?,18-8?,18-9+/t20-/m1/s1. The number of hydrogen-bond acceptors (Lipinski definition) is 4. The van der Waals surface area contributed by atoms with Gasteiger partial charge in [0.15, 0.2) is 0 Å². The average molecular weight is 340 g/mol. The lowest BCUT2D eigenvalue weighted by Crippen LogP contribution is -2.19. The molecule has 0 aliphatic heterocycles. The molecule has 1 atom stereocenters. The van der Waals surface area contributed by atoms with Gasteiger partial charge in [0, 0.05) is 6.42 Å². The Hall–Kier alpha value is -2.59. The summed E-state index contributed by atoms with van der Waals surface area (Å²) in [7, 11) is 0. The molecule has 0 spiro atoms. The molecule has 4 heteroatoms. The largest absolute Gasteiger partial charge is 0.491 e. The molecule has 4 nitrogen and oxygen atoms in total. The molecule has 0 fully saturated rings. The molecule has 1 aromatic rings. The Labute approximate surface area is 148 Å². The number of aryl methyl sites for hydroxylation is 1. The normalized spacial score (nSPS) is 20.3. The molecular formula is C21H24O4. The van der Waals surface area contributed by atoms with Crippen LogP contribution >= 0.6 is 0 Å². The van der Waals surface area contributed by atoms with Crippen molar-refractivity contribution in [3.63, 3.8) is 0 Å². The molecule has 0 heterocycles. The van der Waals surface area contributed by atoms with E-state index in [2.05, 4.69) is 0 Å². The van der Waals surface area contributed by atoms with Crippen LogP contribution in [0.5, 0.6) is 5.75 Å². The maximum atomic E-state index is 11.4. The van der Waals surface area contributed by atoms with Crippen molar-refractivity contribution in [3.8, 4) is 5.75 Å². The first kappa shape index (κ1) is 18.7. The third-order valence-corrected chi connectivity index (χ3v) is 3.66. The van der Waals surface area contributed by atoms with Gasteiger partial charge in [0.2, 0.25) is 0 Å². The summed E-state index contributed by atoms with van der Waals surface area (Å²) in [4.78, 5) is 11.4. The molecule has 0 unspecified atom stereocenters. The van der Waals surface area contributed by atoms with Crippen molar-refractivity contribution in [2.24, 2.45) is 0 Å². The molecule has 0 bridgehead atoms. The molecule has 0 radical (unpaired) electrons. The van der Waals surface area contributed by atoms with Gasteiger partial charge in [0.25, 0.3) is 0 Å². The van der Waals surface area contributed by atoms with Crippen molar-refractivity contribution < 1.29 is 19.4 Å². The summed E-state index contributed by atoms with van der Waals surface area (Å²) >= 11 is 0. The van der Waals surface area contributed by atoms with Crippen LogP contribution in [0.15, 0.2) is 72.4 Å². The minimum absolute atomic E-state index is 0.176. The molecule has 132 valence electrons. The molecule has 0 aromatic heterocycles. The van der Waals surface area contributed by atoms with Crippen molar-refractivity contribution in [2.45, 2.75) is 25.9 Å². The second-order valence-electron chi connectivity index (χ2n) is 5.57.